The Hall–Kier alpha value is -2.62. The van der Waals surface area contributed by atoms with E-state index >= 15 is 0 Å². The molecule has 30 heavy (non-hydrogen) atoms. The number of urea groups is 1. The summed E-state index contributed by atoms with van der Waals surface area (Å²) in [4.78, 5) is 41.1. The van der Waals surface area contributed by atoms with Gasteiger partial charge >= 0.3 is 6.03 Å². The van der Waals surface area contributed by atoms with E-state index in [0.29, 0.717) is 47.2 Å². The summed E-state index contributed by atoms with van der Waals surface area (Å²) in [6.07, 6.45) is 1.08. The van der Waals surface area contributed by atoms with Gasteiger partial charge in [-0.1, -0.05) is 11.6 Å². The average Bonchev–Trinajstić information content (AvgIpc) is 3.04. The maximum absolute atomic E-state index is 12.4. The molecule has 0 aliphatic carbocycles. The topological polar surface area (TPSA) is 108 Å². The molecule has 4 N–H and O–H groups in total. The van der Waals surface area contributed by atoms with Crippen LogP contribution >= 0.6 is 22.9 Å². The number of carbonyl (C=O) groups excluding carboxylic acids is 3. The van der Waals surface area contributed by atoms with Gasteiger partial charge in [0.1, 0.15) is 5.00 Å². The minimum absolute atomic E-state index is 0.0750. The number of nitrogens with zero attached hydrogens (tertiary/aromatic N) is 2. The van der Waals surface area contributed by atoms with Gasteiger partial charge in [0.2, 0.25) is 5.91 Å². The highest BCUT2D eigenvalue weighted by Gasteiger charge is 2.28. The van der Waals surface area contributed by atoms with Gasteiger partial charge in [-0.2, -0.15) is 0 Å². The molecule has 3 rings (SSSR count). The number of primary amides is 1. The van der Waals surface area contributed by atoms with Gasteiger partial charge in [0.05, 0.1) is 5.56 Å². The molecule has 160 valence electrons. The van der Waals surface area contributed by atoms with Crippen LogP contribution in [0.1, 0.15) is 27.2 Å². The number of anilines is 2. The van der Waals surface area contributed by atoms with Crippen molar-refractivity contribution in [1.29, 1.82) is 0 Å². The third-order valence-corrected chi connectivity index (χ3v) is 6.24. The molecule has 0 atom stereocenters. The van der Waals surface area contributed by atoms with E-state index in [9.17, 15) is 14.4 Å². The van der Waals surface area contributed by atoms with Crippen LogP contribution in [-0.2, 0) is 17.8 Å². The Morgan fingerprint density at radius 3 is 2.53 bits per heavy atom. The van der Waals surface area contributed by atoms with Gasteiger partial charge in [-0.15, -0.1) is 11.3 Å². The summed E-state index contributed by atoms with van der Waals surface area (Å²) in [5.74, 6) is -0.489. The Kier molecular flexibility index (Phi) is 6.96. The van der Waals surface area contributed by atoms with Crippen molar-refractivity contribution >= 4 is 51.5 Å². The molecule has 0 bridgehead atoms. The lowest BCUT2D eigenvalue weighted by Gasteiger charge is -2.27. The van der Waals surface area contributed by atoms with Crippen molar-refractivity contribution in [2.45, 2.75) is 19.4 Å². The number of halogens is 1. The average molecular weight is 450 g/mol. The third-order valence-electron chi connectivity index (χ3n) is 4.85. The molecule has 0 radical (unpaired) electrons. The maximum Gasteiger partial charge on any atom is 0.324 e. The first-order chi connectivity index (χ1) is 14.2. The summed E-state index contributed by atoms with van der Waals surface area (Å²) < 4.78 is 0. The van der Waals surface area contributed by atoms with Crippen LogP contribution in [0.3, 0.4) is 0 Å². The van der Waals surface area contributed by atoms with E-state index in [1.165, 1.54) is 11.3 Å². The maximum atomic E-state index is 12.4. The first-order valence-corrected chi connectivity index (χ1v) is 10.6. The molecule has 0 saturated heterocycles. The number of fused-ring (bicyclic) bond motifs is 1. The number of hydrogen-bond donors (Lipinski definition) is 3. The quantitative estimate of drug-likeness (QED) is 0.630. The molecular formula is C20H24ClN5O3S. The summed E-state index contributed by atoms with van der Waals surface area (Å²) in [7, 11) is 3.48. The van der Waals surface area contributed by atoms with Crippen molar-refractivity contribution in [3.8, 4) is 0 Å². The molecule has 1 aromatic heterocycles. The SMILES string of the molecule is CN(C)C(=O)CCN1CCc2c(sc(NC(=O)Nc3ccc(Cl)cc3)c2C(N)=O)C1. The van der Waals surface area contributed by atoms with Gasteiger partial charge in [-0.3, -0.25) is 19.8 Å². The fraction of sp³-hybridized carbons (Fsp3) is 0.350. The van der Waals surface area contributed by atoms with E-state index in [4.69, 9.17) is 17.3 Å². The van der Waals surface area contributed by atoms with Crippen LogP contribution in [0.4, 0.5) is 15.5 Å². The van der Waals surface area contributed by atoms with Crippen molar-refractivity contribution in [2.75, 3.05) is 37.8 Å². The molecule has 0 saturated carbocycles. The molecule has 1 aliphatic rings. The fourth-order valence-electron chi connectivity index (χ4n) is 3.27. The highest BCUT2D eigenvalue weighted by atomic mass is 35.5. The van der Waals surface area contributed by atoms with Crippen molar-refractivity contribution in [3.05, 3.63) is 45.3 Å². The third kappa shape index (κ3) is 5.29. The van der Waals surface area contributed by atoms with Crippen molar-refractivity contribution < 1.29 is 14.4 Å². The summed E-state index contributed by atoms with van der Waals surface area (Å²) in [5, 5.41) is 6.46. The molecule has 2 aromatic rings. The number of hydrogen-bond acceptors (Lipinski definition) is 5. The summed E-state index contributed by atoms with van der Waals surface area (Å²) >= 11 is 7.20. The molecule has 2 heterocycles. The molecule has 10 heteroatoms. The number of amides is 4. The van der Waals surface area contributed by atoms with E-state index in [-0.39, 0.29) is 5.91 Å². The molecule has 1 aliphatic heterocycles. The first kappa shape index (κ1) is 22.1. The number of nitrogens with one attached hydrogen (secondary N) is 2. The Morgan fingerprint density at radius 1 is 1.20 bits per heavy atom. The van der Waals surface area contributed by atoms with Crippen molar-refractivity contribution in [3.63, 3.8) is 0 Å². The van der Waals surface area contributed by atoms with Gasteiger partial charge in [0.15, 0.2) is 0 Å². The lowest BCUT2D eigenvalue weighted by Crippen LogP contribution is -2.34. The first-order valence-electron chi connectivity index (χ1n) is 9.45. The van der Waals surface area contributed by atoms with Gasteiger partial charge in [-0.05, 0) is 36.2 Å². The van der Waals surface area contributed by atoms with Crippen LogP contribution in [0, 0.1) is 0 Å². The van der Waals surface area contributed by atoms with Crippen LogP contribution in [-0.4, -0.2) is 54.8 Å². The predicted octanol–water partition coefficient (Wildman–Crippen LogP) is 2.98. The van der Waals surface area contributed by atoms with E-state index in [0.717, 1.165) is 17.0 Å². The zero-order valence-corrected chi connectivity index (χ0v) is 18.4. The standard InChI is InChI=1S/C20H24ClN5O3S/c1-25(2)16(27)8-10-26-9-7-14-15(11-26)30-19(17(14)18(22)28)24-20(29)23-13-5-3-12(21)4-6-13/h3-6H,7-11H2,1-2H3,(H2,22,28)(H2,23,24,29). The van der Waals surface area contributed by atoms with E-state index in [1.807, 2.05) is 0 Å². The lowest BCUT2D eigenvalue weighted by molar-refractivity contribution is -0.129. The second kappa shape index (κ2) is 9.46. The molecule has 1 aromatic carbocycles. The van der Waals surface area contributed by atoms with Crippen molar-refractivity contribution in [1.82, 2.24) is 9.80 Å². The number of carbonyl (C=O) groups is 3. The normalized spacial score (nSPS) is 13.4. The Labute approximate surface area is 184 Å². The highest BCUT2D eigenvalue weighted by Crippen LogP contribution is 2.37. The second-order valence-electron chi connectivity index (χ2n) is 7.22. The van der Waals surface area contributed by atoms with Crippen LogP contribution < -0.4 is 16.4 Å². The van der Waals surface area contributed by atoms with Crippen LogP contribution in [0.5, 0.6) is 0 Å². The Morgan fingerprint density at radius 2 is 1.90 bits per heavy atom. The molecule has 0 fully saturated rings. The zero-order chi connectivity index (χ0) is 21.8. The molecule has 8 nitrogen and oxygen atoms in total. The van der Waals surface area contributed by atoms with Gasteiger partial charge in [0, 0.05) is 55.7 Å². The largest absolute Gasteiger partial charge is 0.365 e. The summed E-state index contributed by atoms with van der Waals surface area (Å²) in [6, 6.07) is 6.25. The number of benzene rings is 1. The number of thiophene rings is 1. The fourth-order valence-corrected chi connectivity index (χ4v) is 4.69. The molecular weight excluding hydrogens is 426 g/mol. The Balaban J connectivity index is 1.70. The van der Waals surface area contributed by atoms with Crippen LogP contribution in [0.15, 0.2) is 24.3 Å². The minimum Gasteiger partial charge on any atom is -0.365 e. The number of nitrogens with two attached hydrogens (primary N) is 1. The van der Waals surface area contributed by atoms with Crippen LogP contribution in [0.2, 0.25) is 5.02 Å². The van der Waals surface area contributed by atoms with E-state index in [2.05, 4.69) is 15.5 Å². The molecule has 0 spiro atoms. The smallest absolute Gasteiger partial charge is 0.324 e. The second-order valence-corrected chi connectivity index (χ2v) is 8.76. The van der Waals surface area contributed by atoms with Gasteiger partial charge in [0.25, 0.3) is 5.91 Å². The zero-order valence-electron chi connectivity index (χ0n) is 16.8. The number of rotatable bonds is 6. The summed E-state index contributed by atoms with van der Waals surface area (Å²) in [5.41, 5.74) is 7.44. The monoisotopic (exact) mass is 449 g/mol. The summed E-state index contributed by atoms with van der Waals surface area (Å²) in [6.45, 7) is 1.97. The lowest BCUT2D eigenvalue weighted by atomic mass is 10.0. The van der Waals surface area contributed by atoms with E-state index < -0.39 is 11.9 Å². The van der Waals surface area contributed by atoms with E-state index in [1.54, 1.807) is 43.3 Å². The molecule has 4 amide bonds. The van der Waals surface area contributed by atoms with Gasteiger partial charge < -0.3 is 16.0 Å². The Bertz CT molecular complexity index is 958. The van der Waals surface area contributed by atoms with Crippen LogP contribution in [0.25, 0.3) is 0 Å². The minimum atomic E-state index is -0.564. The predicted molar refractivity (Wildman–Crippen MR) is 119 cm³/mol. The molecule has 0 unspecified atom stereocenters. The van der Waals surface area contributed by atoms with Crippen molar-refractivity contribution in [2.24, 2.45) is 5.73 Å². The highest BCUT2D eigenvalue weighted by molar-refractivity contribution is 7.17. The van der Waals surface area contributed by atoms with Gasteiger partial charge in [-0.25, -0.2) is 4.79 Å².